The van der Waals surface area contributed by atoms with E-state index < -0.39 is 0 Å². The molecule has 0 radical (unpaired) electrons. The van der Waals surface area contributed by atoms with E-state index in [0.29, 0.717) is 6.04 Å². The average Bonchev–Trinajstić information content (AvgIpc) is 2.48. The van der Waals surface area contributed by atoms with Gasteiger partial charge in [0, 0.05) is 37.8 Å². The average molecular weight is 264 g/mol. The van der Waals surface area contributed by atoms with Crippen molar-refractivity contribution in [1.82, 2.24) is 10.2 Å². The first-order valence-electron chi connectivity index (χ1n) is 6.97. The van der Waals surface area contributed by atoms with Gasteiger partial charge < -0.3 is 14.8 Å². The van der Waals surface area contributed by atoms with Crippen molar-refractivity contribution in [1.29, 1.82) is 0 Å². The molecule has 0 aliphatic carbocycles. The van der Waals surface area contributed by atoms with Crippen molar-refractivity contribution in [2.75, 3.05) is 40.4 Å². The van der Waals surface area contributed by atoms with Gasteiger partial charge in [0.1, 0.15) is 0 Å². The fraction of sp³-hybridized carbons (Fsp3) is 0.600. The third-order valence-electron chi connectivity index (χ3n) is 3.77. The zero-order valence-corrected chi connectivity index (χ0v) is 12.1. The standard InChI is InChI=1S/C15H24N2O2/c1-4-13(17-10-8-16-9-11-17)12-6-5-7-14(18-2)15(12)19-3/h5-7,13,16H,4,8-11H2,1-3H3/t13-/m1/s1. The number of hydrogen-bond donors (Lipinski definition) is 1. The number of piperazine rings is 1. The van der Waals surface area contributed by atoms with Crippen molar-refractivity contribution in [3.8, 4) is 11.5 Å². The molecular formula is C15H24N2O2. The molecular weight excluding hydrogens is 240 g/mol. The van der Waals surface area contributed by atoms with Crippen LogP contribution in [0.1, 0.15) is 24.9 Å². The molecule has 106 valence electrons. The molecule has 19 heavy (non-hydrogen) atoms. The van der Waals surface area contributed by atoms with E-state index in [2.05, 4.69) is 23.2 Å². The molecule has 1 heterocycles. The number of nitrogens with zero attached hydrogens (tertiary/aromatic N) is 1. The molecule has 1 fully saturated rings. The lowest BCUT2D eigenvalue weighted by atomic mass is 10.0. The SMILES string of the molecule is CC[C@H](c1cccc(OC)c1OC)N1CCNCC1. The molecule has 1 aliphatic rings. The van der Waals surface area contributed by atoms with Crippen LogP contribution in [0.5, 0.6) is 11.5 Å². The Balaban J connectivity index is 2.31. The fourth-order valence-corrected chi connectivity index (χ4v) is 2.84. The Labute approximate surface area is 115 Å². The Morgan fingerprint density at radius 2 is 1.95 bits per heavy atom. The summed E-state index contributed by atoms with van der Waals surface area (Å²) in [7, 11) is 3.40. The Bertz CT molecular complexity index is 403. The highest BCUT2D eigenvalue weighted by Crippen LogP contribution is 2.38. The van der Waals surface area contributed by atoms with Crippen LogP contribution in [-0.4, -0.2) is 45.3 Å². The van der Waals surface area contributed by atoms with E-state index in [4.69, 9.17) is 9.47 Å². The van der Waals surface area contributed by atoms with Crippen LogP contribution in [0.4, 0.5) is 0 Å². The first-order chi connectivity index (χ1) is 9.31. The van der Waals surface area contributed by atoms with Gasteiger partial charge in [-0.25, -0.2) is 0 Å². The second kappa shape index (κ2) is 6.78. The van der Waals surface area contributed by atoms with Gasteiger partial charge >= 0.3 is 0 Å². The number of ether oxygens (including phenoxy) is 2. The number of hydrogen-bond acceptors (Lipinski definition) is 4. The number of para-hydroxylation sites is 1. The van der Waals surface area contributed by atoms with Gasteiger partial charge in [-0.1, -0.05) is 19.1 Å². The molecule has 1 saturated heterocycles. The Morgan fingerprint density at radius 3 is 2.53 bits per heavy atom. The Hall–Kier alpha value is -1.26. The molecule has 0 saturated carbocycles. The monoisotopic (exact) mass is 264 g/mol. The molecule has 0 unspecified atom stereocenters. The smallest absolute Gasteiger partial charge is 0.165 e. The third kappa shape index (κ3) is 3.01. The highest BCUT2D eigenvalue weighted by molar-refractivity contribution is 5.48. The van der Waals surface area contributed by atoms with Gasteiger partial charge in [-0.3, -0.25) is 4.90 Å². The van der Waals surface area contributed by atoms with Crippen LogP contribution in [0, 0.1) is 0 Å². The van der Waals surface area contributed by atoms with Crippen LogP contribution in [0.3, 0.4) is 0 Å². The number of nitrogens with one attached hydrogen (secondary N) is 1. The largest absolute Gasteiger partial charge is 0.493 e. The number of benzene rings is 1. The molecule has 0 bridgehead atoms. The molecule has 1 N–H and O–H groups in total. The summed E-state index contributed by atoms with van der Waals surface area (Å²) in [5.41, 5.74) is 1.23. The topological polar surface area (TPSA) is 33.7 Å². The predicted octanol–water partition coefficient (Wildman–Crippen LogP) is 2.06. The molecule has 1 aromatic carbocycles. The van der Waals surface area contributed by atoms with Crippen LogP contribution in [-0.2, 0) is 0 Å². The van der Waals surface area contributed by atoms with E-state index in [-0.39, 0.29) is 0 Å². The van der Waals surface area contributed by atoms with Gasteiger partial charge in [-0.2, -0.15) is 0 Å². The maximum Gasteiger partial charge on any atom is 0.165 e. The normalized spacial score (nSPS) is 18.1. The summed E-state index contributed by atoms with van der Waals surface area (Å²) in [5, 5.41) is 3.40. The van der Waals surface area contributed by atoms with Crippen LogP contribution in [0.15, 0.2) is 18.2 Å². The summed E-state index contributed by atoms with van der Waals surface area (Å²) < 4.78 is 11.0. The molecule has 1 aliphatic heterocycles. The van der Waals surface area contributed by atoms with Gasteiger partial charge in [0.2, 0.25) is 0 Å². The van der Waals surface area contributed by atoms with E-state index in [1.54, 1.807) is 14.2 Å². The summed E-state index contributed by atoms with van der Waals surface area (Å²) in [6.07, 6.45) is 1.07. The lowest BCUT2D eigenvalue weighted by Crippen LogP contribution is -2.45. The summed E-state index contributed by atoms with van der Waals surface area (Å²) >= 11 is 0. The highest BCUT2D eigenvalue weighted by atomic mass is 16.5. The van der Waals surface area contributed by atoms with E-state index >= 15 is 0 Å². The Kier molecular flexibility index (Phi) is 5.05. The highest BCUT2D eigenvalue weighted by Gasteiger charge is 2.24. The Morgan fingerprint density at radius 1 is 1.21 bits per heavy atom. The van der Waals surface area contributed by atoms with Crippen molar-refractivity contribution in [2.45, 2.75) is 19.4 Å². The zero-order valence-electron chi connectivity index (χ0n) is 12.1. The molecule has 1 aromatic rings. The van der Waals surface area contributed by atoms with Crippen molar-refractivity contribution in [3.63, 3.8) is 0 Å². The lowest BCUT2D eigenvalue weighted by molar-refractivity contribution is 0.166. The minimum atomic E-state index is 0.396. The molecule has 1 atom stereocenters. The number of methoxy groups -OCH3 is 2. The van der Waals surface area contributed by atoms with Crippen molar-refractivity contribution in [2.24, 2.45) is 0 Å². The molecule has 0 aromatic heterocycles. The van der Waals surface area contributed by atoms with Crippen LogP contribution in [0.2, 0.25) is 0 Å². The van der Waals surface area contributed by atoms with E-state index in [1.807, 2.05) is 12.1 Å². The maximum absolute atomic E-state index is 5.57. The quantitative estimate of drug-likeness (QED) is 0.882. The first-order valence-corrected chi connectivity index (χ1v) is 6.97. The van der Waals surface area contributed by atoms with Crippen LogP contribution in [0.25, 0.3) is 0 Å². The molecule has 0 spiro atoms. The van der Waals surface area contributed by atoms with Gasteiger partial charge in [0.25, 0.3) is 0 Å². The summed E-state index contributed by atoms with van der Waals surface area (Å²) in [6.45, 7) is 6.51. The molecule has 4 nitrogen and oxygen atoms in total. The summed E-state index contributed by atoms with van der Waals surface area (Å²) in [4.78, 5) is 2.52. The van der Waals surface area contributed by atoms with Gasteiger partial charge in [0.15, 0.2) is 11.5 Å². The van der Waals surface area contributed by atoms with E-state index in [0.717, 1.165) is 44.1 Å². The predicted molar refractivity (Wildman–Crippen MR) is 77.0 cm³/mol. The molecule has 4 heteroatoms. The maximum atomic E-state index is 5.57. The lowest BCUT2D eigenvalue weighted by Gasteiger charge is -2.35. The van der Waals surface area contributed by atoms with E-state index in [1.165, 1.54) is 5.56 Å². The number of rotatable bonds is 5. The fourth-order valence-electron chi connectivity index (χ4n) is 2.84. The van der Waals surface area contributed by atoms with Gasteiger partial charge in [-0.15, -0.1) is 0 Å². The van der Waals surface area contributed by atoms with E-state index in [9.17, 15) is 0 Å². The minimum Gasteiger partial charge on any atom is -0.493 e. The summed E-state index contributed by atoms with van der Waals surface area (Å²) in [6, 6.07) is 6.54. The molecule has 0 amide bonds. The molecule has 2 rings (SSSR count). The second-order valence-electron chi connectivity index (χ2n) is 4.79. The zero-order chi connectivity index (χ0) is 13.7. The second-order valence-corrected chi connectivity index (χ2v) is 4.79. The summed E-state index contributed by atoms with van der Waals surface area (Å²) in [5.74, 6) is 1.68. The van der Waals surface area contributed by atoms with Crippen LogP contribution >= 0.6 is 0 Å². The minimum absolute atomic E-state index is 0.396. The van der Waals surface area contributed by atoms with Crippen LogP contribution < -0.4 is 14.8 Å². The first kappa shape index (κ1) is 14.2. The third-order valence-corrected chi connectivity index (χ3v) is 3.77. The van der Waals surface area contributed by atoms with Crippen molar-refractivity contribution >= 4 is 0 Å². The van der Waals surface area contributed by atoms with Crippen molar-refractivity contribution < 1.29 is 9.47 Å². The van der Waals surface area contributed by atoms with Gasteiger partial charge in [-0.05, 0) is 12.5 Å². The van der Waals surface area contributed by atoms with Crippen molar-refractivity contribution in [3.05, 3.63) is 23.8 Å². The van der Waals surface area contributed by atoms with Gasteiger partial charge in [0.05, 0.1) is 14.2 Å².